The first-order valence-corrected chi connectivity index (χ1v) is 11.5. The highest BCUT2D eigenvalue weighted by molar-refractivity contribution is 6.30. The van der Waals surface area contributed by atoms with Crippen molar-refractivity contribution in [2.45, 2.75) is 44.6 Å². The third kappa shape index (κ3) is 5.55. The number of rotatable bonds is 7. The van der Waals surface area contributed by atoms with E-state index in [0.717, 1.165) is 42.3 Å². The number of benzene rings is 2. The molecule has 4 nitrogen and oxygen atoms in total. The molecule has 2 aliphatic rings. The number of piperidine rings is 1. The molecule has 1 saturated heterocycles. The number of amides is 1. The summed E-state index contributed by atoms with van der Waals surface area (Å²) < 4.78 is 5.64. The quantitative estimate of drug-likeness (QED) is 0.576. The smallest absolute Gasteiger partial charge is 0.260 e. The standard InChI is InChI=1S/C25H31ClN2O2/c26-23-10-8-20(9-11-23)21-12-16-27(17-13-21)14-4-1-5-15-28-18-22-6-2-3-7-24(22)30-19-25(28)29/h2-3,6-11,21H,1,4-5,12-19H2. The fourth-order valence-electron chi connectivity index (χ4n) is 4.54. The molecule has 0 aromatic heterocycles. The van der Waals surface area contributed by atoms with Crippen molar-refractivity contribution in [1.29, 1.82) is 0 Å². The van der Waals surface area contributed by atoms with Crippen LogP contribution in [0, 0.1) is 0 Å². The molecule has 2 aromatic rings. The number of hydrogen-bond donors (Lipinski definition) is 0. The van der Waals surface area contributed by atoms with Gasteiger partial charge in [0, 0.05) is 23.7 Å². The molecule has 0 radical (unpaired) electrons. The van der Waals surface area contributed by atoms with Crippen LogP contribution < -0.4 is 4.74 Å². The topological polar surface area (TPSA) is 32.8 Å². The average Bonchev–Trinajstić information content (AvgIpc) is 2.93. The number of fused-ring (bicyclic) bond motifs is 1. The molecule has 0 unspecified atom stereocenters. The Morgan fingerprint density at radius 1 is 0.933 bits per heavy atom. The summed E-state index contributed by atoms with van der Waals surface area (Å²) in [6, 6.07) is 16.3. The van der Waals surface area contributed by atoms with Gasteiger partial charge in [0.25, 0.3) is 5.91 Å². The van der Waals surface area contributed by atoms with Crippen molar-refractivity contribution < 1.29 is 9.53 Å². The summed E-state index contributed by atoms with van der Waals surface area (Å²) in [6.45, 7) is 5.13. The van der Waals surface area contributed by atoms with Crippen molar-refractivity contribution in [1.82, 2.24) is 9.80 Å². The van der Waals surface area contributed by atoms with Crippen molar-refractivity contribution in [3.63, 3.8) is 0 Å². The lowest BCUT2D eigenvalue weighted by molar-refractivity contribution is -0.133. The second-order valence-electron chi connectivity index (χ2n) is 8.44. The molecular formula is C25H31ClN2O2. The molecule has 2 aromatic carbocycles. The molecule has 2 aliphatic heterocycles. The van der Waals surface area contributed by atoms with E-state index in [1.165, 1.54) is 37.9 Å². The first-order valence-electron chi connectivity index (χ1n) is 11.2. The van der Waals surface area contributed by atoms with Crippen LogP contribution in [-0.2, 0) is 11.3 Å². The SMILES string of the molecule is O=C1COc2ccccc2CN1CCCCCN1CCC(c2ccc(Cl)cc2)CC1. The molecule has 5 heteroatoms. The molecule has 0 saturated carbocycles. The Balaban J connectivity index is 1.14. The van der Waals surface area contributed by atoms with Gasteiger partial charge < -0.3 is 14.5 Å². The van der Waals surface area contributed by atoms with Crippen LogP contribution in [0.25, 0.3) is 0 Å². The van der Waals surface area contributed by atoms with Crippen LogP contribution in [-0.4, -0.2) is 48.5 Å². The lowest BCUT2D eigenvalue weighted by Gasteiger charge is -2.32. The normalized spacial score (nSPS) is 18.0. The van der Waals surface area contributed by atoms with E-state index in [-0.39, 0.29) is 12.5 Å². The molecule has 0 aliphatic carbocycles. The van der Waals surface area contributed by atoms with E-state index in [1.807, 2.05) is 35.2 Å². The maximum atomic E-state index is 12.3. The van der Waals surface area contributed by atoms with Crippen LogP contribution in [0.5, 0.6) is 5.75 Å². The minimum absolute atomic E-state index is 0.0930. The van der Waals surface area contributed by atoms with E-state index in [9.17, 15) is 4.79 Å². The number of carbonyl (C=O) groups is 1. The first-order chi connectivity index (χ1) is 14.7. The zero-order valence-electron chi connectivity index (χ0n) is 17.6. The number of nitrogens with zero attached hydrogens (tertiary/aromatic N) is 2. The number of para-hydroxylation sites is 1. The Morgan fingerprint density at radius 2 is 1.67 bits per heavy atom. The summed E-state index contributed by atoms with van der Waals surface area (Å²) in [5.41, 5.74) is 2.53. The van der Waals surface area contributed by atoms with Gasteiger partial charge >= 0.3 is 0 Å². The lowest BCUT2D eigenvalue weighted by atomic mass is 9.89. The van der Waals surface area contributed by atoms with E-state index in [2.05, 4.69) is 23.1 Å². The maximum Gasteiger partial charge on any atom is 0.260 e. The van der Waals surface area contributed by atoms with Crippen molar-refractivity contribution in [2.24, 2.45) is 0 Å². The summed E-state index contributed by atoms with van der Waals surface area (Å²) in [6.07, 6.45) is 5.85. The summed E-state index contributed by atoms with van der Waals surface area (Å²) in [7, 11) is 0. The number of unbranched alkanes of at least 4 members (excludes halogenated alkanes) is 2. The Labute approximate surface area is 184 Å². The van der Waals surface area contributed by atoms with Gasteiger partial charge in [-0.05, 0) is 75.0 Å². The Bertz CT molecular complexity index is 831. The summed E-state index contributed by atoms with van der Waals surface area (Å²) in [5.74, 6) is 1.60. The van der Waals surface area contributed by atoms with Crippen LogP contribution in [0.1, 0.15) is 49.1 Å². The fraction of sp³-hybridized carbons (Fsp3) is 0.480. The zero-order valence-corrected chi connectivity index (χ0v) is 18.3. The fourth-order valence-corrected chi connectivity index (χ4v) is 4.67. The molecule has 0 bridgehead atoms. The van der Waals surface area contributed by atoms with Crippen molar-refractivity contribution >= 4 is 17.5 Å². The molecule has 0 spiro atoms. The van der Waals surface area contributed by atoms with E-state index in [4.69, 9.17) is 16.3 Å². The molecule has 0 atom stereocenters. The van der Waals surface area contributed by atoms with Gasteiger partial charge in [-0.2, -0.15) is 0 Å². The van der Waals surface area contributed by atoms with Gasteiger partial charge in [-0.1, -0.05) is 48.4 Å². The molecule has 1 amide bonds. The van der Waals surface area contributed by atoms with Crippen LogP contribution in [0.4, 0.5) is 0 Å². The summed E-state index contributed by atoms with van der Waals surface area (Å²) in [5, 5.41) is 0.815. The van der Waals surface area contributed by atoms with Crippen molar-refractivity contribution in [3.05, 3.63) is 64.7 Å². The van der Waals surface area contributed by atoms with Gasteiger partial charge in [0.05, 0.1) is 0 Å². The average molecular weight is 427 g/mol. The summed E-state index contributed by atoms with van der Waals surface area (Å²) in [4.78, 5) is 16.9. The second-order valence-corrected chi connectivity index (χ2v) is 8.88. The molecule has 2 heterocycles. The second kappa shape index (κ2) is 10.3. The Kier molecular flexibility index (Phi) is 7.29. The largest absolute Gasteiger partial charge is 0.483 e. The number of carbonyl (C=O) groups excluding carboxylic acids is 1. The molecule has 30 heavy (non-hydrogen) atoms. The molecule has 0 N–H and O–H groups in total. The lowest BCUT2D eigenvalue weighted by Crippen LogP contribution is -2.34. The maximum absolute atomic E-state index is 12.3. The monoisotopic (exact) mass is 426 g/mol. The van der Waals surface area contributed by atoms with E-state index >= 15 is 0 Å². The highest BCUT2D eigenvalue weighted by Gasteiger charge is 2.22. The predicted molar refractivity (Wildman–Crippen MR) is 121 cm³/mol. The molecule has 4 rings (SSSR count). The third-order valence-electron chi connectivity index (χ3n) is 6.37. The van der Waals surface area contributed by atoms with Crippen molar-refractivity contribution in [3.8, 4) is 5.75 Å². The first kappa shape index (κ1) is 21.2. The van der Waals surface area contributed by atoms with Gasteiger partial charge in [0.1, 0.15) is 5.75 Å². The van der Waals surface area contributed by atoms with Gasteiger partial charge in [0.2, 0.25) is 0 Å². The highest BCUT2D eigenvalue weighted by Crippen LogP contribution is 2.29. The van der Waals surface area contributed by atoms with Gasteiger partial charge in [0.15, 0.2) is 6.61 Å². The van der Waals surface area contributed by atoms with Crippen LogP contribution >= 0.6 is 11.6 Å². The number of likely N-dealkylation sites (tertiary alicyclic amines) is 1. The molecule has 1 fully saturated rings. The van der Waals surface area contributed by atoms with Gasteiger partial charge in [-0.15, -0.1) is 0 Å². The van der Waals surface area contributed by atoms with E-state index in [1.54, 1.807) is 0 Å². The zero-order chi connectivity index (χ0) is 20.8. The number of ether oxygens (including phenoxy) is 1. The Morgan fingerprint density at radius 3 is 2.47 bits per heavy atom. The summed E-state index contributed by atoms with van der Waals surface area (Å²) >= 11 is 6.01. The minimum Gasteiger partial charge on any atom is -0.483 e. The highest BCUT2D eigenvalue weighted by atomic mass is 35.5. The number of halogens is 1. The Hall–Kier alpha value is -2.04. The van der Waals surface area contributed by atoms with E-state index in [0.29, 0.717) is 12.5 Å². The third-order valence-corrected chi connectivity index (χ3v) is 6.62. The van der Waals surface area contributed by atoms with Gasteiger partial charge in [-0.3, -0.25) is 4.79 Å². The van der Waals surface area contributed by atoms with Crippen molar-refractivity contribution in [2.75, 3.05) is 32.8 Å². The molecular weight excluding hydrogens is 396 g/mol. The molecule has 160 valence electrons. The minimum atomic E-state index is 0.0930. The number of hydrogen-bond acceptors (Lipinski definition) is 3. The van der Waals surface area contributed by atoms with E-state index < -0.39 is 0 Å². The van der Waals surface area contributed by atoms with Crippen LogP contribution in [0.15, 0.2) is 48.5 Å². The van der Waals surface area contributed by atoms with Crippen LogP contribution in [0.2, 0.25) is 5.02 Å². The van der Waals surface area contributed by atoms with Gasteiger partial charge in [-0.25, -0.2) is 0 Å². The van der Waals surface area contributed by atoms with Crippen LogP contribution in [0.3, 0.4) is 0 Å². The predicted octanol–water partition coefficient (Wildman–Crippen LogP) is 5.11.